The van der Waals surface area contributed by atoms with Crippen molar-refractivity contribution < 1.29 is 17.4 Å². The van der Waals surface area contributed by atoms with E-state index in [1.165, 1.54) is 0 Å². The molecule has 1 atom stereocenters. The van der Waals surface area contributed by atoms with Crippen molar-refractivity contribution in [2.75, 3.05) is 0 Å². The average Bonchev–Trinajstić information content (AvgIpc) is 2.54. The molecule has 0 saturated heterocycles. The van der Waals surface area contributed by atoms with Crippen LogP contribution in [-0.2, 0) is 16.0 Å². The zero-order valence-corrected chi connectivity index (χ0v) is 13.8. The Morgan fingerprint density at radius 2 is 1.83 bits per heavy atom. The number of hydrogen-bond donors (Lipinski definition) is 2. The summed E-state index contributed by atoms with van der Waals surface area (Å²) in [5.41, 5.74) is 0.694. The van der Waals surface area contributed by atoms with Crippen LogP contribution in [0.1, 0.15) is 47.8 Å². The van der Waals surface area contributed by atoms with Crippen LogP contribution in [-0.4, -0.2) is 23.0 Å². The summed E-state index contributed by atoms with van der Waals surface area (Å²) in [4.78, 5) is 24.1. The van der Waals surface area contributed by atoms with Crippen LogP contribution in [0.3, 0.4) is 0 Å². The first-order valence-corrected chi connectivity index (χ1v) is 8.21. The SMILES string of the molecule is [2H]C(Cc1ccccc1)(NC(=O)C1CCC(C([2H])(C)C)CC1)C(=O)O. The summed E-state index contributed by atoms with van der Waals surface area (Å²) in [6.07, 6.45) is 2.76. The highest BCUT2D eigenvalue weighted by molar-refractivity contribution is 5.85. The predicted molar refractivity (Wildman–Crippen MR) is 90.0 cm³/mol. The molecule has 2 rings (SSSR count). The monoisotopic (exact) mass is 319 g/mol. The van der Waals surface area contributed by atoms with Crippen molar-refractivity contribution in [1.82, 2.24) is 5.32 Å². The minimum Gasteiger partial charge on any atom is -0.480 e. The molecule has 0 aliphatic heterocycles. The number of carbonyl (C=O) groups is 2. The molecule has 0 heterocycles. The van der Waals surface area contributed by atoms with Crippen molar-refractivity contribution in [2.45, 2.75) is 52.0 Å². The number of nitrogens with one attached hydrogen (secondary N) is 1. The van der Waals surface area contributed by atoms with Crippen LogP contribution in [0, 0.1) is 17.7 Å². The van der Waals surface area contributed by atoms with E-state index < -0.39 is 17.9 Å². The van der Waals surface area contributed by atoms with Crippen LogP contribution in [0.15, 0.2) is 30.3 Å². The van der Waals surface area contributed by atoms with Gasteiger partial charge in [0.2, 0.25) is 5.91 Å². The van der Waals surface area contributed by atoms with E-state index in [1.807, 2.05) is 19.9 Å². The zero-order valence-electron chi connectivity index (χ0n) is 15.8. The molecule has 1 unspecified atom stereocenters. The summed E-state index contributed by atoms with van der Waals surface area (Å²) >= 11 is 0. The summed E-state index contributed by atoms with van der Waals surface area (Å²) < 4.78 is 16.4. The first-order chi connectivity index (χ1) is 11.6. The second-order valence-electron chi connectivity index (χ2n) is 6.56. The fourth-order valence-corrected chi connectivity index (χ4v) is 3.16. The van der Waals surface area contributed by atoms with Gasteiger partial charge in [0.25, 0.3) is 0 Å². The van der Waals surface area contributed by atoms with E-state index in [1.54, 1.807) is 24.3 Å². The zero-order chi connectivity index (χ0) is 18.7. The molecule has 1 aromatic carbocycles. The molecule has 126 valence electrons. The summed E-state index contributed by atoms with van der Waals surface area (Å²) in [7, 11) is 0. The largest absolute Gasteiger partial charge is 0.480 e. The maximum Gasteiger partial charge on any atom is 0.326 e. The van der Waals surface area contributed by atoms with Crippen molar-refractivity contribution in [2.24, 2.45) is 17.7 Å². The number of rotatable bonds is 6. The molecular formula is C19H27NO3. The van der Waals surface area contributed by atoms with Crippen LogP contribution in [0.25, 0.3) is 0 Å². The van der Waals surface area contributed by atoms with Gasteiger partial charge in [-0.15, -0.1) is 0 Å². The van der Waals surface area contributed by atoms with Gasteiger partial charge in [0.15, 0.2) is 0 Å². The number of amides is 1. The Morgan fingerprint density at radius 3 is 2.35 bits per heavy atom. The lowest BCUT2D eigenvalue weighted by molar-refractivity contribution is -0.142. The van der Waals surface area contributed by atoms with Gasteiger partial charge in [0, 0.05) is 13.7 Å². The number of aliphatic carboxylic acids is 1. The molecule has 4 heteroatoms. The molecule has 1 aliphatic rings. The third kappa shape index (κ3) is 5.08. The van der Waals surface area contributed by atoms with Gasteiger partial charge < -0.3 is 10.4 Å². The third-order valence-corrected chi connectivity index (χ3v) is 4.67. The van der Waals surface area contributed by atoms with Gasteiger partial charge in [0.05, 0.1) is 1.37 Å². The van der Waals surface area contributed by atoms with Crippen LogP contribution < -0.4 is 5.32 Å². The van der Waals surface area contributed by atoms with Gasteiger partial charge in [-0.05, 0) is 43.1 Å². The van der Waals surface area contributed by atoms with E-state index in [0.29, 0.717) is 18.4 Å². The van der Waals surface area contributed by atoms with E-state index in [2.05, 4.69) is 5.32 Å². The van der Waals surface area contributed by atoms with Gasteiger partial charge >= 0.3 is 5.97 Å². The van der Waals surface area contributed by atoms with Gasteiger partial charge in [-0.25, -0.2) is 4.79 Å². The van der Waals surface area contributed by atoms with Crippen LogP contribution in [0.2, 0.25) is 0 Å². The molecule has 4 nitrogen and oxygen atoms in total. The van der Waals surface area contributed by atoms with Gasteiger partial charge in [-0.1, -0.05) is 44.2 Å². The first-order valence-electron chi connectivity index (χ1n) is 9.21. The fourth-order valence-electron chi connectivity index (χ4n) is 3.16. The third-order valence-electron chi connectivity index (χ3n) is 4.67. The molecule has 1 amide bonds. The Hall–Kier alpha value is -1.84. The average molecular weight is 319 g/mol. The number of benzene rings is 1. The summed E-state index contributed by atoms with van der Waals surface area (Å²) in [6.45, 7) is 3.77. The number of carbonyl (C=O) groups excluding carboxylic acids is 1. The lowest BCUT2D eigenvalue weighted by Crippen LogP contribution is -2.45. The summed E-state index contributed by atoms with van der Waals surface area (Å²) in [5, 5.41) is 11.9. The number of carboxylic acids is 1. The maximum absolute atomic E-state index is 12.5. The number of hydrogen-bond acceptors (Lipinski definition) is 2. The Balaban J connectivity index is 2.00. The molecule has 0 spiro atoms. The molecule has 2 N–H and O–H groups in total. The van der Waals surface area contributed by atoms with E-state index in [4.69, 9.17) is 2.74 Å². The molecule has 1 saturated carbocycles. The Kier molecular flexibility index (Phi) is 5.21. The number of carboxylic acid groups (broad SMARTS) is 1. The lowest BCUT2D eigenvalue weighted by atomic mass is 9.76. The van der Waals surface area contributed by atoms with Crippen molar-refractivity contribution in [3.63, 3.8) is 0 Å². The van der Waals surface area contributed by atoms with Crippen molar-refractivity contribution in [3.05, 3.63) is 35.9 Å². The molecule has 0 bridgehead atoms. The predicted octanol–water partition coefficient (Wildman–Crippen LogP) is 3.26. The second kappa shape index (κ2) is 8.14. The quantitative estimate of drug-likeness (QED) is 0.846. The molecule has 1 aliphatic carbocycles. The maximum atomic E-state index is 12.5. The van der Waals surface area contributed by atoms with Crippen molar-refractivity contribution in [3.8, 4) is 0 Å². The van der Waals surface area contributed by atoms with Crippen molar-refractivity contribution >= 4 is 11.9 Å². The van der Waals surface area contributed by atoms with E-state index in [0.717, 1.165) is 12.8 Å². The molecule has 1 aromatic rings. The molecular weight excluding hydrogens is 290 g/mol. The first kappa shape index (κ1) is 14.7. The lowest BCUT2D eigenvalue weighted by Gasteiger charge is -2.30. The van der Waals surface area contributed by atoms with Gasteiger partial charge in [0.1, 0.15) is 6.02 Å². The molecule has 1 fully saturated rings. The van der Waals surface area contributed by atoms with Crippen LogP contribution in [0.4, 0.5) is 0 Å². The summed E-state index contributed by atoms with van der Waals surface area (Å²) in [6, 6.07) is 6.82. The van der Waals surface area contributed by atoms with E-state index >= 15 is 0 Å². The van der Waals surface area contributed by atoms with E-state index in [9.17, 15) is 14.7 Å². The Morgan fingerprint density at radius 1 is 1.22 bits per heavy atom. The standard InChI is InChI=1S/C19H27NO3/c1-13(2)15-8-10-16(11-9-15)18(21)20-17(19(22)23)12-14-6-4-3-5-7-14/h3-7,13,15-17H,8-12H2,1-2H3,(H,20,21)(H,22,23)/i13D,17D. The molecule has 23 heavy (non-hydrogen) atoms. The highest BCUT2D eigenvalue weighted by Crippen LogP contribution is 2.33. The van der Waals surface area contributed by atoms with Crippen LogP contribution >= 0.6 is 0 Å². The normalized spacial score (nSPS) is 25.7. The second-order valence-corrected chi connectivity index (χ2v) is 6.56. The minimum absolute atomic E-state index is 0.0794. The Bertz CT molecular complexity index is 607. The van der Waals surface area contributed by atoms with Gasteiger partial charge in [-0.2, -0.15) is 0 Å². The van der Waals surface area contributed by atoms with E-state index in [-0.39, 0.29) is 24.2 Å². The summed E-state index contributed by atoms with van der Waals surface area (Å²) in [5.74, 6) is -2.27. The fraction of sp³-hybridized carbons (Fsp3) is 0.579. The Labute approximate surface area is 141 Å². The van der Waals surface area contributed by atoms with Crippen LogP contribution in [0.5, 0.6) is 0 Å². The highest BCUT2D eigenvalue weighted by atomic mass is 16.4. The van der Waals surface area contributed by atoms with Gasteiger partial charge in [-0.3, -0.25) is 4.79 Å². The molecule has 0 radical (unpaired) electrons. The van der Waals surface area contributed by atoms with Crippen molar-refractivity contribution in [1.29, 1.82) is 0 Å². The highest BCUT2D eigenvalue weighted by Gasteiger charge is 2.30. The minimum atomic E-state index is -2.07. The topological polar surface area (TPSA) is 66.4 Å². The molecule has 0 aromatic heterocycles. The smallest absolute Gasteiger partial charge is 0.326 e.